The molecule has 0 amide bonds. The number of hydrogen-bond donors (Lipinski definition) is 1. The minimum atomic E-state index is -3.54. The molecule has 0 saturated carbocycles. The van der Waals surface area contributed by atoms with Gasteiger partial charge >= 0.3 is 0 Å². The monoisotopic (exact) mass is 406 g/mol. The quantitative estimate of drug-likeness (QED) is 0.512. The van der Waals surface area contributed by atoms with Crippen molar-refractivity contribution < 1.29 is 12.8 Å². The van der Waals surface area contributed by atoms with Crippen LogP contribution in [0.4, 0.5) is 0 Å². The van der Waals surface area contributed by atoms with E-state index in [4.69, 9.17) is 4.42 Å². The zero-order chi connectivity index (χ0) is 20.6. The fourth-order valence-corrected chi connectivity index (χ4v) is 4.07. The predicted octanol–water partition coefficient (Wildman–Crippen LogP) is 4.90. The van der Waals surface area contributed by atoms with Crippen LogP contribution in [0.25, 0.3) is 22.6 Å². The molecule has 0 radical (unpaired) electrons. The fraction of sp³-hybridized carbons (Fsp3) is 0.174. The summed E-state index contributed by atoms with van der Waals surface area (Å²) in [7, 11) is -3.54. The van der Waals surface area contributed by atoms with E-state index in [1.807, 2.05) is 50.2 Å². The van der Waals surface area contributed by atoms with Gasteiger partial charge in [-0.05, 0) is 73.9 Å². The van der Waals surface area contributed by atoms with Gasteiger partial charge in [-0.1, -0.05) is 29.8 Å². The number of hydrogen-bond acceptors (Lipinski definition) is 4. The summed E-state index contributed by atoms with van der Waals surface area (Å²) in [4.78, 5) is 4.83. The first-order valence-electron chi connectivity index (χ1n) is 9.35. The van der Waals surface area contributed by atoms with E-state index < -0.39 is 10.0 Å². The lowest BCUT2D eigenvalue weighted by Gasteiger charge is -2.07. The van der Waals surface area contributed by atoms with Gasteiger partial charge in [0.15, 0.2) is 5.58 Å². The van der Waals surface area contributed by atoms with Gasteiger partial charge in [0.2, 0.25) is 15.9 Å². The lowest BCUT2D eigenvalue weighted by molar-refractivity contribution is 0.581. The van der Waals surface area contributed by atoms with Crippen LogP contribution in [0.5, 0.6) is 0 Å². The number of aryl methyl sites for hydroxylation is 3. The zero-order valence-electron chi connectivity index (χ0n) is 16.6. The first-order valence-corrected chi connectivity index (χ1v) is 10.8. The fourth-order valence-electron chi connectivity index (χ4n) is 3.05. The maximum Gasteiger partial charge on any atom is 0.240 e. The summed E-state index contributed by atoms with van der Waals surface area (Å²) < 4.78 is 33.4. The largest absolute Gasteiger partial charge is 0.436 e. The Morgan fingerprint density at radius 1 is 0.897 bits per heavy atom. The number of benzene rings is 3. The van der Waals surface area contributed by atoms with E-state index in [1.165, 1.54) is 5.56 Å². The van der Waals surface area contributed by atoms with Crippen molar-refractivity contribution in [2.24, 2.45) is 0 Å². The van der Waals surface area contributed by atoms with Crippen LogP contribution in [0.1, 0.15) is 22.3 Å². The normalized spacial score (nSPS) is 11.8. The highest BCUT2D eigenvalue weighted by Crippen LogP contribution is 2.26. The molecule has 0 spiro atoms. The topological polar surface area (TPSA) is 72.2 Å². The highest BCUT2D eigenvalue weighted by atomic mass is 32.2. The van der Waals surface area contributed by atoms with Gasteiger partial charge in [0, 0.05) is 12.1 Å². The molecule has 0 bridgehead atoms. The molecule has 4 rings (SSSR count). The zero-order valence-corrected chi connectivity index (χ0v) is 17.4. The third-order valence-electron chi connectivity index (χ3n) is 5.00. The van der Waals surface area contributed by atoms with Gasteiger partial charge in [0.1, 0.15) is 5.52 Å². The van der Waals surface area contributed by atoms with E-state index in [0.29, 0.717) is 5.89 Å². The molecule has 3 aromatic carbocycles. The van der Waals surface area contributed by atoms with Gasteiger partial charge in [-0.3, -0.25) is 0 Å². The molecular weight excluding hydrogens is 384 g/mol. The summed E-state index contributed by atoms with van der Waals surface area (Å²) >= 11 is 0. The Bertz CT molecular complexity index is 1230. The third kappa shape index (κ3) is 4.09. The summed E-state index contributed by atoms with van der Waals surface area (Å²) in [6.45, 7) is 6.23. The Morgan fingerprint density at radius 3 is 2.24 bits per heavy atom. The molecule has 0 unspecified atom stereocenters. The molecule has 0 aliphatic heterocycles. The van der Waals surface area contributed by atoms with Crippen molar-refractivity contribution in [2.45, 2.75) is 32.2 Å². The number of nitrogens with one attached hydrogen (secondary N) is 1. The maximum absolute atomic E-state index is 12.4. The Hall–Kier alpha value is -2.96. The lowest BCUT2D eigenvalue weighted by atomic mass is 10.1. The average Bonchev–Trinajstić information content (AvgIpc) is 3.10. The van der Waals surface area contributed by atoms with Gasteiger partial charge in [-0.15, -0.1) is 0 Å². The van der Waals surface area contributed by atoms with Crippen LogP contribution in [-0.4, -0.2) is 13.4 Å². The van der Waals surface area contributed by atoms with Crippen LogP contribution in [0.3, 0.4) is 0 Å². The van der Waals surface area contributed by atoms with E-state index in [2.05, 4.69) is 16.6 Å². The van der Waals surface area contributed by atoms with Gasteiger partial charge in [-0.2, -0.15) is 0 Å². The molecule has 0 atom stereocenters. The second kappa shape index (κ2) is 7.46. The second-order valence-corrected chi connectivity index (χ2v) is 9.02. The first kappa shape index (κ1) is 19.4. The van der Waals surface area contributed by atoms with Gasteiger partial charge in [0.25, 0.3) is 0 Å². The van der Waals surface area contributed by atoms with Crippen LogP contribution >= 0.6 is 0 Å². The molecule has 29 heavy (non-hydrogen) atoms. The molecule has 0 fully saturated rings. The molecule has 0 aliphatic rings. The molecule has 6 heteroatoms. The smallest absolute Gasteiger partial charge is 0.240 e. The highest BCUT2D eigenvalue weighted by molar-refractivity contribution is 7.89. The van der Waals surface area contributed by atoms with Gasteiger partial charge < -0.3 is 4.42 Å². The average molecular weight is 407 g/mol. The number of oxazole rings is 1. The van der Waals surface area contributed by atoms with Crippen LogP contribution in [0.15, 0.2) is 70.0 Å². The third-order valence-corrected chi connectivity index (χ3v) is 6.42. The minimum absolute atomic E-state index is 0.211. The van der Waals surface area contributed by atoms with E-state index in [9.17, 15) is 8.42 Å². The Labute approximate surface area is 170 Å². The molecular formula is C23H22N2O3S. The van der Waals surface area contributed by atoms with Gasteiger partial charge in [0.05, 0.1) is 4.90 Å². The molecule has 5 nitrogen and oxygen atoms in total. The second-order valence-electron chi connectivity index (χ2n) is 7.26. The van der Waals surface area contributed by atoms with E-state index >= 15 is 0 Å². The molecule has 0 saturated heterocycles. The Kier molecular flexibility index (Phi) is 4.98. The van der Waals surface area contributed by atoms with Crippen molar-refractivity contribution in [1.82, 2.24) is 9.71 Å². The van der Waals surface area contributed by atoms with Crippen molar-refractivity contribution in [1.29, 1.82) is 0 Å². The van der Waals surface area contributed by atoms with E-state index in [0.717, 1.165) is 33.4 Å². The standard InChI is InChI=1S/C23H22N2O3S/c1-15-4-10-20(11-5-15)29(26,27)24-14-18-6-8-19(9-7-18)23-25-21-12-16(2)17(3)13-22(21)28-23/h4-13,24H,14H2,1-3H3. The highest BCUT2D eigenvalue weighted by Gasteiger charge is 2.14. The molecule has 4 aromatic rings. The van der Waals surface area contributed by atoms with Gasteiger partial charge in [-0.25, -0.2) is 18.1 Å². The maximum atomic E-state index is 12.4. The van der Waals surface area contributed by atoms with Crippen molar-refractivity contribution in [3.63, 3.8) is 0 Å². The molecule has 148 valence electrons. The Balaban J connectivity index is 1.50. The number of nitrogens with zero attached hydrogens (tertiary/aromatic N) is 1. The van der Waals surface area contributed by atoms with Crippen LogP contribution in [0.2, 0.25) is 0 Å². The molecule has 0 aliphatic carbocycles. The lowest BCUT2D eigenvalue weighted by Crippen LogP contribution is -2.23. The summed E-state index contributed by atoms with van der Waals surface area (Å²) in [5.41, 5.74) is 6.65. The Morgan fingerprint density at radius 2 is 1.55 bits per heavy atom. The SMILES string of the molecule is Cc1ccc(S(=O)(=O)NCc2ccc(-c3nc4cc(C)c(C)cc4o3)cc2)cc1. The van der Waals surface area contributed by atoms with Crippen LogP contribution < -0.4 is 4.72 Å². The minimum Gasteiger partial charge on any atom is -0.436 e. The number of sulfonamides is 1. The van der Waals surface area contributed by atoms with E-state index in [1.54, 1.807) is 24.3 Å². The van der Waals surface area contributed by atoms with Crippen molar-refractivity contribution in [2.75, 3.05) is 0 Å². The predicted molar refractivity (Wildman–Crippen MR) is 114 cm³/mol. The molecule has 1 N–H and O–H groups in total. The van der Waals surface area contributed by atoms with E-state index in [-0.39, 0.29) is 11.4 Å². The van der Waals surface area contributed by atoms with Crippen molar-refractivity contribution in [3.05, 3.63) is 82.9 Å². The number of aromatic nitrogens is 1. The molecule has 1 aromatic heterocycles. The summed E-state index contributed by atoms with van der Waals surface area (Å²) in [5, 5.41) is 0. The van der Waals surface area contributed by atoms with Crippen molar-refractivity contribution in [3.8, 4) is 11.5 Å². The summed E-state index contributed by atoms with van der Waals surface area (Å²) in [6, 6.07) is 18.3. The first-order chi connectivity index (χ1) is 13.8. The summed E-state index contributed by atoms with van der Waals surface area (Å²) in [5.74, 6) is 0.553. The van der Waals surface area contributed by atoms with Crippen molar-refractivity contribution >= 4 is 21.1 Å². The number of fused-ring (bicyclic) bond motifs is 1. The molecule has 1 heterocycles. The van der Waals surface area contributed by atoms with Crippen LogP contribution in [-0.2, 0) is 16.6 Å². The summed E-state index contributed by atoms with van der Waals surface area (Å²) in [6.07, 6.45) is 0. The number of rotatable bonds is 5. The van der Waals surface area contributed by atoms with Crippen LogP contribution in [0, 0.1) is 20.8 Å².